The second kappa shape index (κ2) is 8.61. The van der Waals surface area contributed by atoms with Gasteiger partial charge in [0.1, 0.15) is 17.3 Å². The lowest BCUT2D eigenvalue weighted by Crippen LogP contribution is -2.49. The molecule has 3 aromatic heterocycles. The fraction of sp³-hybridized carbons (Fsp3) is 0.391. The van der Waals surface area contributed by atoms with Gasteiger partial charge in [-0.15, -0.1) is 13.2 Å². The Morgan fingerprint density at radius 3 is 2.71 bits per heavy atom. The maximum Gasteiger partial charge on any atom is 0.573 e. The monoisotopic (exact) mass is 489 g/mol. The van der Waals surface area contributed by atoms with E-state index in [1.807, 2.05) is 13.8 Å². The molecule has 5 heterocycles. The summed E-state index contributed by atoms with van der Waals surface area (Å²) >= 11 is 0. The van der Waals surface area contributed by atoms with Crippen molar-refractivity contribution in [2.45, 2.75) is 45.0 Å². The van der Waals surface area contributed by atoms with Crippen molar-refractivity contribution in [3.8, 4) is 5.75 Å². The summed E-state index contributed by atoms with van der Waals surface area (Å²) in [6, 6.07) is 3.27. The van der Waals surface area contributed by atoms with Crippen LogP contribution in [0.1, 0.15) is 53.3 Å². The van der Waals surface area contributed by atoms with Crippen LogP contribution in [0.25, 0.3) is 10.9 Å². The Bertz CT molecular complexity index is 1280. The van der Waals surface area contributed by atoms with E-state index in [0.29, 0.717) is 30.2 Å². The van der Waals surface area contributed by atoms with Gasteiger partial charge in [0.25, 0.3) is 5.91 Å². The number of ether oxygens (including phenoxy) is 3. The molecule has 2 N–H and O–H groups in total. The number of halogens is 3. The highest BCUT2D eigenvalue weighted by atomic mass is 19.4. The van der Waals surface area contributed by atoms with Crippen molar-refractivity contribution in [3.05, 3.63) is 53.1 Å². The first kappa shape index (κ1) is 23.2. The molecule has 3 atom stereocenters. The van der Waals surface area contributed by atoms with Gasteiger partial charge in [-0.05, 0) is 37.6 Å². The van der Waals surface area contributed by atoms with Gasteiger partial charge in [-0.25, -0.2) is 9.97 Å². The first-order valence-corrected chi connectivity index (χ1v) is 10.9. The topological polar surface area (TPSA) is 113 Å². The van der Waals surface area contributed by atoms with Crippen LogP contribution in [-0.2, 0) is 16.1 Å². The number of carbonyl (C=O) groups is 1. The van der Waals surface area contributed by atoms with Gasteiger partial charge in [0.15, 0.2) is 0 Å². The van der Waals surface area contributed by atoms with Gasteiger partial charge in [-0.2, -0.15) is 0 Å². The molecule has 2 aliphatic rings. The second-order valence-electron chi connectivity index (χ2n) is 8.51. The molecule has 0 unspecified atom stereocenters. The zero-order chi connectivity index (χ0) is 24.9. The summed E-state index contributed by atoms with van der Waals surface area (Å²) < 4.78 is 52.7. The minimum absolute atomic E-state index is 0.134. The zero-order valence-corrected chi connectivity index (χ0v) is 18.9. The first-order valence-electron chi connectivity index (χ1n) is 10.9. The molecule has 3 aromatic rings. The third kappa shape index (κ3) is 4.34. The number of nitrogen functional groups attached to an aromatic ring is 1. The minimum Gasteiger partial charge on any atom is -0.404 e. The number of alkyl halides is 3. The lowest BCUT2D eigenvalue weighted by Gasteiger charge is -2.40. The summed E-state index contributed by atoms with van der Waals surface area (Å²) in [6.45, 7) is 4.49. The van der Waals surface area contributed by atoms with Crippen molar-refractivity contribution in [2.24, 2.45) is 0 Å². The summed E-state index contributed by atoms with van der Waals surface area (Å²) in [5.74, 6) is -0.427. The maximum absolute atomic E-state index is 13.7. The number of pyridine rings is 3. The third-order valence-corrected chi connectivity index (χ3v) is 6.17. The molecule has 9 nitrogen and oxygen atoms in total. The largest absolute Gasteiger partial charge is 0.573 e. The lowest BCUT2D eigenvalue weighted by molar-refractivity contribution is -0.274. The second-order valence-corrected chi connectivity index (χ2v) is 8.51. The molecule has 184 valence electrons. The van der Waals surface area contributed by atoms with Crippen LogP contribution in [0, 0.1) is 0 Å². The molecule has 5 rings (SSSR count). The van der Waals surface area contributed by atoms with Crippen molar-refractivity contribution in [3.63, 3.8) is 0 Å². The van der Waals surface area contributed by atoms with Gasteiger partial charge >= 0.3 is 6.36 Å². The van der Waals surface area contributed by atoms with Crippen LogP contribution in [0.15, 0.2) is 30.6 Å². The Balaban J connectivity index is 1.48. The summed E-state index contributed by atoms with van der Waals surface area (Å²) in [7, 11) is 0. The van der Waals surface area contributed by atoms with E-state index in [1.54, 1.807) is 11.0 Å². The van der Waals surface area contributed by atoms with Crippen molar-refractivity contribution in [1.29, 1.82) is 0 Å². The van der Waals surface area contributed by atoms with Crippen LogP contribution in [0.2, 0.25) is 0 Å². The number of amides is 1. The highest BCUT2D eigenvalue weighted by Gasteiger charge is 2.37. The summed E-state index contributed by atoms with van der Waals surface area (Å²) in [5.41, 5.74) is 8.92. The molecule has 1 fully saturated rings. The summed E-state index contributed by atoms with van der Waals surface area (Å²) in [4.78, 5) is 28.1. The van der Waals surface area contributed by atoms with Crippen LogP contribution in [0.4, 0.5) is 19.0 Å². The molecule has 0 bridgehead atoms. The Morgan fingerprint density at radius 2 is 2.00 bits per heavy atom. The standard InChI is InChI=1S/C23H22F3N5O4/c1-11-8-33-10-19(16-4-3-13(6-28-16)35-23(24,25)26)31(11)22(32)17-5-14-15-9-34-12(2)20(15)21(27)30-18(14)7-29-17/h3-7,11-12,19H,8-10H2,1-2H3,(H2,27,30)/t11-,12+,19-/m1/s1. The molecule has 0 radical (unpaired) electrons. The van der Waals surface area contributed by atoms with E-state index in [-0.39, 0.29) is 30.4 Å². The zero-order valence-electron chi connectivity index (χ0n) is 18.9. The van der Waals surface area contributed by atoms with Crippen LogP contribution in [0.3, 0.4) is 0 Å². The quantitative estimate of drug-likeness (QED) is 0.593. The van der Waals surface area contributed by atoms with E-state index in [0.717, 1.165) is 28.8 Å². The van der Waals surface area contributed by atoms with Gasteiger partial charge in [0.05, 0.1) is 61.6 Å². The van der Waals surface area contributed by atoms with E-state index in [1.165, 1.54) is 12.3 Å². The average molecular weight is 489 g/mol. The van der Waals surface area contributed by atoms with E-state index >= 15 is 0 Å². The first-order chi connectivity index (χ1) is 16.6. The van der Waals surface area contributed by atoms with Gasteiger partial charge in [-0.1, -0.05) is 0 Å². The van der Waals surface area contributed by atoms with Crippen LogP contribution in [0.5, 0.6) is 5.75 Å². The van der Waals surface area contributed by atoms with Crippen molar-refractivity contribution in [2.75, 3.05) is 18.9 Å². The molecule has 12 heteroatoms. The van der Waals surface area contributed by atoms with Crippen LogP contribution < -0.4 is 10.5 Å². The Labute approximate surface area is 198 Å². The van der Waals surface area contributed by atoms with Gasteiger partial charge < -0.3 is 24.8 Å². The number of morpholine rings is 1. The molecule has 2 aliphatic heterocycles. The molecular formula is C23H22F3N5O4. The van der Waals surface area contributed by atoms with Crippen molar-refractivity contribution >= 4 is 22.6 Å². The van der Waals surface area contributed by atoms with Crippen LogP contribution in [-0.4, -0.2) is 51.4 Å². The molecule has 0 saturated carbocycles. The predicted molar refractivity (Wildman–Crippen MR) is 117 cm³/mol. The molecular weight excluding hydrogens is 467 g/mol. The molecule has 35 heavy (non-hydrogen) atoms. The summed E-state index contributed by atoms with van der Waals surface area (Å²) in [6.07, 6.45) is -2.55. The van der Waals surface area contributed by atoms with E-state index < -0.39 is 18.2 Å². The van der Waals surface area contributed by atoms with E-state index in [4.69, 9.17) is 15.2 Å². The van der Waals surface area contributed by atoms with Gasteiger partial charge in [-0.3, -0.25) is 9.78 Å². The van der Waals surface area contributed by atoms with Gasteiger partial charge in [0, 0.05) is 10.9 Å². The Hall–Kier alpha value is -3.51. The average Bonchev–Trinajstić information content (AvgIpc) is 3.20. The fourth-order valence-corrected chi connectivity index (χ4v) is 4.59. The Kier molecular flexibility index (Phi) is 5.72. The number of hydrogen-bond donors (Lipinski definition) is 1. The molecule has 0 spiro atoms. The number of nitrogens with two attached hydrogens (primary N) is 1. The number of carbonyl (C=O) groups excluding carboxylic acids is 1. The number of fused-ring (bicyclic) bond motifs is 3. The van der Waals surface area contributed by atoms with Crippen LogP contribution >= 0.6 is 0 Å². The molecule has 0 aliphatic carbocycles. The van der Waals surface area contributed by atoms with Gasteiger partial charge in [0.2, 0.25) is 0 Å². The number of hydrogen-bond acceptors (Lipinski definition) is 8. The normalized spacial score (nSPS) is 22.3. The van der Waals surface area contributed by atoms with Crippen molar-refractivity contribution in [1.82, 2.24) is 19.9 Å². The highest BCUT2D eigenvalue weighted by molar-refractivity contribution is 5.97. The fourth-order valence-electron chi connectivity index (χ4n) is 4.59. The number of nitrogens with zero attached hydrogens (tertiary/aromatic N) is 4. The summed E-state index contributed by atoms with van der Waals surface area (Å²) in [5, 5.41) is 0.737. The van der Waals surface area contributed by atoms with E-state index in [9.17, 15) is 18.0 Å². The van der Waals surface area contributed by atoms with Crippen molar-refractivity contribution < 1.29 is 32.2 Å². The van der Waals surface area contributed by atoms with E-state index in [2.05, 4.69) is 19.7 Å². The highest BCUT2D eigenvalue weighted by Crippen LogP contribution is 2.38. The lowest BCUT2D eigenvalue weighted by atomic mass is 10.0. The smallest absolute Gasteiger partial charge is 0.404 e. The maximum atomic E-state index is 13.7. The Morgan fingerprint density at radius 1 is 1.20 bits per heavy atom. The molecule has 1 saturated heterocycles. The minimum atomic E-state index is -4.82. The number of anilines is 1. The molecule has 1 amide bonds. The SMILES string of the molecule is C[C@@H]1OCc2c1c(N)nc1cnc(C(=O)N3[C@H](C)COC[C@@H]3c3ccc(OC(F)(F)F)cn3)cc21. The molecule has 0 aromatic carbocycles. The predicted octanol–water partition coefficient (Wildman–Crippen LogP) is 3.70. The third-order valence-electron chi connectivity index (χ3n) is 6.17. The number of rotatable bonds is 3. The number of aromatic nitrogens is 3.